The smallest absolute Gasteiger partial charge is 0.179 e. The van der Waals surface area contributed by atoms with Gasteiger partial charge in [0.1, 0.15) is 17.0 Å². The van der Waals surface area contributed by atoms with Crippen LogP contribution in [0.25, 0.3) is 16.7 Å². The zero-order chi connectivity index (χ0) is 17.9. The number of nitrogens with zero attached hydrogens (tertiary/aromatic N) is 4. The number of aliphatic imine (C=N–C) groups is 1. The van der Waals surface area contributed by atoms with Crippen molar-refractivity contribution in [3.63, 3.8) is 0 Å². The summed E-state index contributed by atoms with van der Waals surface area (Å²) in [5.41, 5.74) is 5.17. The minimum Gasteiger partial charge on any atom is -0.497 e. The van der Waals surface area contributed by atoms with Crippen molar-refractivity contribution in [2.24, 2.45) is 4.99 Å². The molecule has 0 bridgehead atoms. The molecule has 4 rings (SSSR count). The molecule has 1 aliphatic rings. The fourth-order valence-electron chi connectivity index (χ4n) is 2.88. The van der Waals surface area contributed by atoms with Crippen LogP contribution in [0.3, 0.4) is 0 Å². The van der Waals surface area contributed by atoms with E-state index in [1.807, 2.05) is 42.6 Å². The Balaban J connectivity index is 1.67. The minimum absolute atomic E-state index is 0.635. The van der Waals surface area contributed by atoms with E-state index in [4.69, 9.17) is 9.47 Å². The maximum atomic E-state index is 5.34. The van der Waals surface area contributed by atoms with Gasteiger partial charge in [0.2, 0.25) is 0 Å². The normalized spacial score (nSPS) is 13.1. The van der Waals surface area contributed by atoms with Crippen LogP contribution in [-0.2, 0) is 6.42 Å². The Bertz CT molecular complexity index is 1010. The maximum Gasteiger partial charge on any atom is 0.179 e. The lowest BCUT2D eigenvalue weighted by Crippen LogP contribution is -1.99. The maximum absolute atomic E-state index is 5.34. The van der Waals surface area contributed by atoms with Gasteiger partial charge in [-0.05, 0) is 29.8 Å². The number of ether oxygens (including phenoxy) is 2. The summed E-state index contributed by atoms with van der Waals surface area (Å²) in [7, 11) is 3.29. The van der Waals surface area contributed by atoms with Crippen LogP contribution in [0.2, 0.25) is 0 Å². The van der Waals surface area contributed by atoms with Crippen LogP contribution < -0.4 is 9.47 Å². The third-order valence-corrected chi connectivity index (χ3v) is 4.20. The second kappa shape index (κ2) is 6.92. The Morgan fingerprint density at radius 3 is 2.50 bits per heavy atom. The molecule has 0 saturated carbocycles. The number of aromatic nitrogens is 3. The topological polar surface area (TPSA) is 69.5 Å². The summed E-state index contributed by atoms with van der Waals surface area (Å²) in [5, 5.41) is 0. The summed E-state index contributed by atoms with van der Waals surface area (Å²) >= 11 is 0. The third-order valence-electron chi connectivity index (χ3n) is 4.20. The highest BCUT2D eigenvalue weighted by molar-refractivity contribution is 6.10. The summed E-state index contributed by atoms with van der Waals surface area (Å²) in [5.74, 6) is 1.52. The SMILES string of the molecule is COc1cc(Cc2ccc3ncc(C4=CCN=C4)nc3n2)cc(OC)c1. The Labute approximate surface area is 151 Å². The first-order chi connectivity index (χ1) is 12.7. The van der Waals surface area contributed by atoms with Crippen LogP contribution in [0.5, 0.6) is 11.5 Å². The molecule has 0 atom stereocenters. The van der Waals surface area contributed by atoms with Crippen molar-refractivity contribution < 1.29 is 9.47 Å². The Morgan fingerprint density at radius 1 is 1.00 bits per heavy atom. The van der Waals surface area contributed by atoms with Crippen molar-refractivity contribution in [2.45, 2.75) is 6.42 Å². The summed E-state index contributed by atoms with van der Waals surface area (Å²) < 4.78 is 10.7. The molecule has 0 radical (unpaired) electrons. The van der Waals surface area contributed by atoms with Gasteiger partial charge in [-0.2, -0.15) is 0 Å². The van der Waals surface area contributed by atoms with Crippen molar-refractivity contribution in [3.05, 3.63) is 59.6 Å². The van der Waals surface area contributed by atoms with E-state index in [-0.39, 0.29) is 0 Å². The highest BCUT2D eigenvalue weighted by Gasteiger charge is 2.09. The monoisotopic (exact) mass is 346 g/mol. The Kier molecular flexibility index (Phi) is 4.31. The lowest BCUT2D eigenvalue weighted by atomic mass is 10.1. The average Bonchev–Trinajstić information content (AvgIpc) is 3.22. The molecule has 26 heavy (non-hydrogen) atoms. The molecule has 130 valence electrons. The first-order valence-electron chi connectivity index (χ1n) is 8.30. The van der Waals surface area contributed by atoms with Crippen LogP contribution in [0, 0.1) is 0 Å². The zero-order valence-corrected chi connectivity index (χ0v) is 14.6. The van der Waals surface area contributed by atoms with Gasteiger partial charge in [0.15, 0.2) is 5.65 Å². The van der Waals surface area contributed by atoms with Crippen molar-refractivity contribution in [1.29, 1.82) is 0 Å². The molecule has 0 unspecified atom stereocenters. The second-order valence-corrected chi connectivity index (χ2v) is 5.95. The van der Waals surface area contributed by atoms with Crippen LogP contribution in [0.4, 0.5) is 0 Å². The largest absolute Gasteiger partial charge is 0.497 e. The van der Waals surface area contributed by atoms with Crippen molar-refractivity contribution in [2.75, 3.05) is 20.8 Å². The van der Waals surface area contributed by atoms with E-state index in [1.54, 1.807) is 20.4 Å². The number of allylic oxidation sites excluding steroid dienone is 1. The minimum atomic E-state index is 0.635. The number of fused-ring (bicyclic) bond motifs is 1. The molecular formula is C20H18N4O2. The van der Waals surface area contributed by atoms with Crippen molar-refractivity contribution in [3.8, 4) is 11.5 Å². The third kappa shape index (κ3) is 3.26. The summed E-state index contributed by atoms with van der Waals surface area (Å²) in [6.45, 7) is 0.695. The first-order valence-corrected chi connectivity index (χ1v) is 8.30. The molecule has 2 aromatic heterocycles. The predicted octanol–water partition coefficient (Wildman–Crippen LogP) is 3.10. The van der Waals surface area contributed by atoms with Crippen molar-refractivity contribution in [1.82, 2.24) is 15.0 Å². The Morgan fingerprint density at radius 2 is 1.81 bits per heavy atom. The molecule has 3 aromatic rings. The van der Waals surface area contributed by atoms with Gasteiger partial charge in [0, 0.05) is 30.0 Å². The molecule has 6 nitrogen and oxygen atoms in total. The summed E-state index contributed by atoms with van der Waals surface area (Å²) in [4.78, 5) is 18.0. The van der Waals surface area contributed by atoms with E-state index in [1.165, 1.54) is 0 Å². The van der Waals surface area contributed by atoms with Gasteiger partial charge in [0.25, 0.3) is 0 Å². The molecule has 6 heteroatoms. The molecule has 0 amide bonds. The molecule has 0 N–H and O–H groups in total. The Hall–Kier alpha value is -3.28. The molecule has 0 saturated heterocycles. The molecule has 1 aromatic carbocycles. The molecular weight excluding hydrogens is 328 g/mol. The highest BCUT2D eigenvalue weighted by atomic mass is 16.5. The quantitative estimate of drug-likeness (QED) is 0.710. The van der Waals surface area contributed by atoms with Gasteiger partial charge in [0.05, 0.1) is 32.7 Å². The van der Waals surface area contributed by atoms with Gasteiger partial charge < -0.3 is 9.47 Å². The van der Waals surface area contributed by atoms with Gasteiger partial charge in [-0.25, -0.2) is 9.97 Å². The van der Waals surface area contributed by atoms with Gasteiger partial charge in [-0.3, -0.25) is 9.98 Å². The van der Waals surface area contributed by atoms with Crippen LogP contribution in [0.15, 0.2) is 47.6 Å². The molecule has 0 aliphatic carbocycles. The van der Waals surface area contributed by atoms with Crippen LogP contribution in [-0.4, -0.2) is 41.9 Å². The van der Waals surface area contributed by atoms with E-state index in [2.05, 4.69) is 19.9 Å². The number of hydrogen-bond acceptors (Lipinski definition) is 6. The molecule has 3 heterocycles. The molecule has 1 aliphatic heterocycles. The lowest BCUT2D eigenvalue weighted by Gasteiger charge is -2.09. The van der Waals surface area contributed by atoms with E-state index < -0.39 is 0 Å². The lowest BCUT2D eigenvalue weighted by molar-refractivity contribution is 0.393. The highest BCUT2D eigenvalue weighted by Crippen LogP contribution is 2.24. The van der Waals surface area contributed by atoms with Crippen LogP contribution in [0.1, 0.15) is 17.0 Å². The van der Waals surface area contributed by atoms with Gasteiger partial charge >= 0.3 is 0 Å². The summed E-state index contributed by atoms with van der Waals surface area (Å²) in [6, 6.07) is 9.74. The number of methoxy groups -OCH3 is 2. The number of pyridine rings is 1. The van der Waals surface area contributed by atoms with Crippen molar-refractivity contribution >= 4 is 23.0 Å². The van der Waals surface area contributed by atoms with Crippen LogP contribution >= 0.6 is 0 Å². The van der Waals surface area contributed by atoms with E-state index in [0.717, 1.165) is 39.5 Å². The van der Waals surface area contributed by atoms with Gasteiger partial charge in [-0.1, -0.05) is 6.08 Å². The van der Waals surface area contributed by atoms with E-state index in [0.29, 0.717) is 18.6 Å². The molecule has 0 fully saturated rings. The fourth-order valence-corrected chi connectivity index (χ4v) is 2.88. The average molecular weight is 346 g/mol. The zero-order valence-electron chi connectivity index (χ0n) is 14.6. The van der Waals surface area contributed by atoms with E-state index >= 15 is 0 Å². The predicted molar refractivity (Wildman–Crippen MR) is 101 cm³/mol. The molecule has 0 spiro atoms. The van der Waals surface area contributed by atoms with Gasteiger partial charge in [-0.15, -0.1) is 0 Å². The standard InChI is InChI=1S/C20H18N4O2/c1-25-16-8-13(9-17(10-16)26-2)7-15-3-4-18-20(23-15)24-19(12-22-18)14-5-6-21-11-14/h3-5,8-12H,6-7H2,1-2H3. The summed E-state index contributed by atoms with van der Waals surface area (Å²) in [6.07, 6.45) is 6.27. The number of hydrogen-bond donors (Lipinski definition) is 0. The first kappa shape index (κ1) is 16.2. The fraction of sp³-hybridized carbons (Fsp3) is 0.200. The van der Waals surface area contributed by atoms with E-state index in [9.17, 15) is 0 Å². The number of rotatable bonds is 5. The number of benzene rings is 1. The second-order valence-electron chi connectivity index (χ2n) is 5.95.